The SMILES string of the molecule is COc1cccc(NC(=O)[C@H]2CN(C(C)=O)c3ccccc3O2)c1. The summed E-state index contributed by atoms with van der Waals surface area (Å²) < 4.78 is 10.9. The summed E-state index contributed by atoms with van der Waals surface area (Å²) in [7, 11) is 1.56. The van der Waals surface area contributed by atoms with Crippen molar-refractivity contribution in [2.75, 3.05) is 23.9 Å². The first-order chi connectivity index (χ1) is 11.6. The number of fused-ring (bicyclic) bond motifs is 1. The van der Waals surface area contributed by atoms with Crippen molar-refractivity contribution in [1.29, 1.82) is 0 Å². The first kappa shape index (κ1) is 15.9. The number of para-hydroxylation sites is 2. The highest BCUT2D eigenvalue weighted by atomic mass is 16.5. The molecule has 0 aromatic heterocycles. The monoisotopic (exact) mass is 326 g/mol. The smallest absolute Gasteiger partial charge is 0.267 e. The number of anilines is 2. The zero-order chi connectivity index (χ0) is 17.1. The summed E-state index contributed by atoms with van der Waals surface area (Å²) in [4.78, 5) is 26.0. The molecule has 1 atom stereocenters. The number of hydrogen-bond donors (Lipinski definition) is 1. The van der Waals surface area contributed by atoms with E-state index in [-0.39, 0.29) is 18.4 Å². The molecule has 24 heavy (non-hydrogen) atoms. The molecule has 0 bridgehead atoms. The molecule has 1 N–H and O–H groups in total. The predicted octanol–water partition coefficient (Wildman–Crippen LogP) is 2.45. The van der Waals surface area contributed by atoms with Crippen molar-refractivity contribution >= 4 is 23.2 Å². The van der Waals surface area contributed by atoms with Gasteiger partial charge in [-0.05, 0) is 24.3 Å². The van der Waals surface area contributed by atoms with Crippen LogP contribution in [0, 0.1) is 0 Å². The maximum atomic E-state index is 12.5. The first-order valence-electron chi connectivity index (χ1n) is 7.57. The van der Waals surface area contributed by atoms with Crippen LogP contribution >= 0.6 is 0 Å². The predicted molar refractivity (Wildman–Crippen MR) is 90.5 cm³/mol. The van der Waals surface area contributed by atoms with E-state index in [0.717, 1.165) is 0 Å². The van der Waals surface area contributed by atoms with Gasteiger partial charge in [-0.3, -0.25) is 9.59 Å². The normalized spacial score (nSPS) is 15.9. The molecule has 124 valence electrons. The van der Waals surface area contributed by atoms with Crippen LogP contribution < -0.4 is 19.7 Å². The number of amides is 2. The van der Waals surface area contributed by atoms with Gasteiger partial charge in [0.15, 0.2) is 6.10 Å². The fourth-order valence-corrected chi connectivity index (χ4v) is 2.59. The molecule has 1 aliphatic rings. The first-order valence-corrected chi connectivity index (χ1v) is 7.57. The number of methoxy groups -OCH3 is 1. The minimum absolute atomic E-state index is 0.134. The fraction of sp³-hybridized carbons (Fsp3) is 0.222. The van der Waals surface area contributed by atoms with Gasteiger partial charge in [-0.1, -0.05) is 18.2 Å². The lowest BCUT2D eigenvalue weighted by molar-refractivity contribution is -0.123. The Morgan fingerprint density at radius 3 is 2.75 bits per heavy atom. The highest BCUT2D eigenvalue weighted by molar-refractivity contribution is 5.99. The Morgan fingerprint density at radius 2 is 2.00 bits per heavy atom. The van der Waals surface area contributed by atoms with Crippen molar-refractivity contribution in [2.24, 2.45) is 0 Å². The topological polar surface area (TPSA) is 67.9 Å². The quantitative estimate of drug-likeness (QED) is 0.941. The molecule has 2 aromatic carbocycles. The average Bonchev–Trinajstić information content (AvgIpc) is 2.60. The number of nitrogens with zero attached hydrogens (tertiary/aromatic N) is 1. The Kier molecular flexibility index (Phi) is 4.37. The van der Waals surface area contributed by atoms with E-state index in [1.807, 2.05) is 6.07 Å². The van der Waals surface area contributed by atoms with Crippen LogP contribution in [0.1, 0.15) is 6.92 Å². The molecular weight excluding hydrogens is 308 g/mol. The lowest BCUT2D eigenvalue weighted by Crippen LogP contribution is -2.48. The number of ether oxygens (including phenoxy) is 2. The van der Waals surface area contributed by atoms with Crippen molar-refractivity contribution < 1.29 is 19.1 Å². The maximum Gasteiger partial charge on any atom is 0.267 e. The Bertz CT molecular complexity index is 775. The zero-order valence-corrected chi connectivity index (χ0v) is 13.5. The van der Waals surface area contributed by atoms with Crippen molar-refractivity contribution in [1.82, 2.24) is 0 Å². The molecule has 0 unspecified atom stereocenters. The molecule has 0 aliphatic carbocycles. The van der Waals surface area contributed by atoms with E-state index in [1.165, 1.54) is 6.92 Å². The third-order valence-corrected chi connectivity index (χ3v) is 3.78. The van der Waals surface area contributed by atoms with Gasteiger partial charge in [0.25, 0.3) is 5.91 Å². The van der Waals surface area contributed by atoms with Gasteiger partial charge in [-0.2, -0.15) is 0 Å². The Balaban J connectivity index is 1.79. The van der Waals surface area contributed by atoms with Gasteiger partial charge in [0, 0.05) is 18.7 Å². The summed E-state index contributed by atoms with van der Waals surface area (Å²) in [6.45, 7) is 1.64. The second-order valence-electron chi connectivity index (χ2n) is 5.43. The van der Waals surface area contributed by atoms with Gasteiger partial charge in [-0.15, -0.1) is 0 Å². The van der Waals surface area contributed by atoms with Gasteiger partial charge in [0.05, 0.1) is 19.3 Å². The molecule has 2 aromatic rings. The van der Waals surface area contributed by atoms with Gasteiger partial charge in [0.1, 0.15) is 11.5 Å². The lowest BCUT2D eigenvalue weighted by atomic mass is 10.1. The number of carbonyl (C=O) groups is 2. The molecule has 0 spiro atoms. The summed E-state index contributed by atoms with van der Waals surface area (Å²) in [5.41, 5.74) is 1.28. The summed E-state index contributed by atoms with van der Waals surface area (Å²) >= 11 is 0. The van der Waals surface area contributed by atoms with Gasteiger partial charge in [0.2, 0.25) is 5.91 Å². The van der Waals surface area contributed by atoms with E-state index in [2.05, 4.69) is 5.32 Å². The van der Waals surface area contributed by atoms with Gasteiger partial charge < -0.3 is 19.7 Å². The molecule has 6 nitrogen and oxygen atoms in total. The minimum atomic E-state index is -0.782. The van der Waals surface area contributed by atoms with Crippen LogP contribution in [0.2, 0.25) is 0 Å². The van der Waals surface area contributed by atoms with E-state index in [9.17, 15) is 9.59 Å². The van der Waals surface area contributed by atoms with Crippen molar-refractivity contribution in [2.45, 2.75) is 13.0 Å². The van der Waals surface area contributed by atoms with Crippen LogP contribution in [0.15, 0.2) is 48.5 Å². The third kappa shape index (κ3) is 3.17. The van der Waals surface area contributed by atoms with Crippen LogP contribution in [-0.2, 0) is 9.59 Å². The highest BCUT2D eigenvalue weighted by Gasteiger charge is 2.32. The van der Waals surface area contributed by atoms with Crippen molar-refractivity contribution in [3.05, 3.63) is 48.5 Å². The lowest BCUT2D eigenvalue weighted by Gasteiger charge is -2.33. The average molecular weight is 326 g/mol. The van der Waals surface area contributed by atoms with E-state index in [1.54, 1.807) is 54.5 Å². The molecule has 0 fully saturated rings. The fourth-order valence-electron chi connectivity index (χ4n) is 2.59. The summed E-state index contributed by atoms with van der Waals surface area (Å²) in [5.74, 6) is 0.715. The molecule has 1 aliphatic heterocycles. The molecule has 1 heterocycles. The summed E-state index contributed by atoms with van der Waals surface area (Å²) in [6.07, 6.45) is -0.782. The molecule has 0 saturated heterocycles. The van der Waals surface area contributed by atoms with Crippen LogP contribution in [0.5, 0.6) is 11.5 Å². The Hall–Kier alpha value is -3.02. The molecule has 3 rings (SSSR count). The zero-order valence-electron chi connectivity index (χ0n) is 13.5. The Morgan fingerprint density at radius 1 is 1.21 bits per heavy atom. The second-order valence-corrected chi connectivity index (χ2v) is 5.43. The number of benzene rings is 2. The van der Waals surface area contributed by atoms with Gasteiger partial charge in [-0.25, -0.2) is 0 Å². The van der Waals surface area contributed by atoms with Gasteiger partial charge >= 0.3 is 0 Å². The highest BCUT2D eigenvalue weighted by Crippen LogP contribution is 2.33. The molecule has 2 amide bonds. The number of nitrogens with one attached hydrogen (secondary N) is 1. The molecular formula is C18H18N2O4. The second kappa shape index (κ2) is 6.62. The van der Waals surface area contributed by atoms with E-state index < -0.39 is 6.10 Å². The third-order valence-electron chi connectivity index (χ3n) is 3.78. The van der Waals surface area contributed by atoms with Crippen LogP contribution in [-0.4, -0.2) is 31.6 Å². The van der Waals surface area contributed by atoms with E-state index >= 15 is 0 Å². The molecule has 6 heteroatoms. The Labute approximate surface area is 140 Å². The standard InChI is InChI=1S/C18H18N2O4/c1-12(21)20-11-17(24-16-9-4-3-8-15(16)20)18(22)19-13-6-5-7-14(10-13)23-2/h3-10,17H,11H2,1-2H3,(H,19,22)/t17-/m1/s1. The molecule has 0 radical (unpaired) electrons. The van der Waals surface area contributed by atoms with Crippen LogP contribution in [0.4, 0.5) is 11.4 Å². The van der Waals surface area contributed by atoms with E-state index in [4.69, 9.17) is 9.47 Å². The number of carbonyl (C=O) groups excluding carboxylic acids is 2. The minimum Gasteiger partial charge on any atom is -0.497 e. The summed E-state index contributed by atoms with van der Waals surface area (Å²) in [5, 5.41) is 2.79. The largest absolute Gasteiger partial charge is 0.497 e. The van der Waals surface area contributed by atoms with Crippen LogP contribution in [0.3, 0.4) is 0 Å². The summed E-state index contributed by atoms with van der Waals surface area (Å²) in [6, 6.07) is 14.2. The number of rotatable bonds is 3. The van der Waals surface area contributed by atoms with Crippen molar-refractivity contribution in [3.8, 4) is 11.5 Å². The van der Waals surface area contributed by atoms with E-state index in [0.29, 0.717) is 22.9 Å². The molecule has 0 saturated carbocycles. The van der Waals surface area contributed by atoms with Crippen molar-refractivity contribution in [3.63, 3.8) is 0 Å². The maximum absolute atomic E-state index is 12.5. The van der Waals surface area contributed by atoms with Crippen LogP contribution in [0.25, 0.3) is 0 Å². The number of hydrogen-bond acceptors (Lipinski definition) is 4.